The maximum absolute atomic E-state index is 5.52. The number of alkyl halides is 1. The van der Waals surface area contributed by atoms with Crippen LogP contribution in [0.25, 0.3) is 0 Å². The van der Waals surface area contributed by atoms with Crippen molar-refractivity contribution in [3.05, 3.63) is 41.7 Å². The first-order chi connectivity index (χ1) is 7.38. The fraction of sp³-hybridized carbons (Fsp3) is 0.417. The van der Waals surface area contributed by atoms with Crippen molar-refractivity contribution in [2.75, 3.05) is 12.4 Å². The Morgan fingerprint density at radius 3 is 3.07 bits per heavy atom. The lowest BCUT2D eigenvalue weighted by Crippen LogP contribution is -2.15. The Hall–Kier alpha value is -0.860. The minimum Gasteiger partial charge on any atom is -0.308 e. The third-order valence-electron chi connectivity index (χ3n) is 2.18. The standard InChI is InChI=1S/C12H17ClN2/c1-2-11-6-5-9-15-12(11)10-14-8-4-3-7-13/h3-6,9,14H,2,7-8,10H2,1H3/b4-3+. The molecule has 0 unspecified atom stereocenters. The van der Waals surface area contributed by atoms with E-state index in [4.69, 9.17) is 11.6 Å². The molecule has 0 aromatic carbocycles. The molecule has 0 aliphatic heterocycles. The number of hydrogen-bond acceptors (Lipinski definition) is 2. The molecule has 2 nitrogen and oxygen atoms in total. The summed E-state index contributed by atoms with van der Waals surface area (Å²) in [4.78, 5) is 4.35. The monoisotopic (exact) mass is 224 g/mol. The summed E-state index contributed by atoms with van der Waals surface area (Å²) >= 11 is 5.52. The minimum atomic E-state index is 0.575. The van der Waals surface area contributed by atoms with Crippen LogP contribution in [0.2, 0.25) is 0 Å². The molecule has 0 amide bonds. The molecule has 0 fully saturated rings. The summed E-state index contributed by atoms with van der Waals surface area (Å²) in [6.07, 6.45) is 6.84. The van der Waals surface area contributed by atoms with Gasteiger partial charge in [-0.25, -0.2) is 0 Å². The first-order valence-corrected chi connectivity index (χ1v) is 5.76. The molecule has 1 rings (SSSR count). The van der Waals surface area contributed by atoms with E-state index in [0.29, 0.717) is 5.88 Å². The smallest absolute Gasteiger partial charge is 0.0573 e. The number of rotatable bonds is 6. The van der Waals surface area contributed by atoms with Gasteiger partial charge in [0.05, 0.1) is 5.69 Å². The largest absolute Gasteiger partial charge is 0.308 e. The quantitative estimate of drug-likeness (QED) is 0.456. The third-order valence-corrected chi connectivity index (χ3v) is 2.35. The molecule has 1 aromatic rings. The Kier molecular flexibility index (Phi) is 6.05. The SMILES string of the molecule is CCc1cccnc1CNC/C=C/CCl. The van der Waals surface area contributed by atoms with Crippen molar-refractivity contribution in [2.45, 2.75) is 19.9 Å². The maximum atomic E-state index is 5.52. The van der Waals surface area contributed by atoms with Gasteiger partial charge in [0.25, 0.3) is 0 Å². The highest BCUT2D eigenvalue weighted by Gasteiger charge is 1.99. The van der Waals surface area contributed by atoms with Crippen LogP contribution in [0.4, 0.5) is 0 Å². The zero-order valence-electron chi connectivity index (χ0n) is 9.04. The first-order valence-electron chi connectivity index (χ1n) is 5.23. The molecule has 0 saturated heterocycles. The van der Waals surface area contributed by atoms with E-state index < -0.39 is 0 Å². The maximum Gasteiger partial charge on any atom is 0.0573 e. The van der Waals surface area contributed by atoms with Crippen molar-refractivity contribution in [1.29, 1.82) is 0 Å². The van der Waals surface area contributed by atoms with Crippen molar-refractivity contribution in [1.82, 2.24) is 10.3 Å². The van der Waals surface area contributed by atoms with Crippen LogP contribution >= 0.6 is 11.6 Å². The molecular formula is C12H17ClN2. The third kappa shape index (κ3) is 4.45. The van der Waals surface area contributed by atoms with Crippen LogP contribution in [0.5, 0.6) is 0 Å². The Balaban J connectivity index is 2.39. The van der Waals surface area contributed by atoms with Crippen LogP contribution < -0.4 is 5.32 Å². The van der Waals surface area contributed by atoms with Crippen LogP contribution in [0.15, 0.2) is 30.5 Å². The lowest BCUT2D eigenvalue weighted by atomic mass is 10.1. The number of allylic oxidation sites excluding steroid dienone is 1. The van der Waals surface area contributed by atoms with Crippen molar-refractivity contribution < 1.29 is 0 Å². The van der Waals surface area contributed by atoms with E-state index in [9.17, 15) is 0 Å². The van der Waals surface area contributed by atoms with Gasteiger partial charge in [0.15, 0.2) is 0 Å². The van der Waals surface area contributed by atoms with E-state index in [2.05, 4.69) is 23.3 Å². The fourth-order valence-electron chi connectivity index (χ4n) is 1.37. The van der Waals surface area contributed by atoms with Crippen molar-refractivity contribution in [3.63, 3.8) is 0 Å². The zero-order chi connectivity index (χ0) is 10.9. The average Bonchev–Trinajstić information content (AvgIpc) is 2.29. The molecule has 15 heavy (non-hydrogen) atoms. The molecule has 3 heteroatoms. The summed E-state index contributed by atoms with van der Waals surface area (Å²) in [5, 5.41) is 3.30. The molecule has 1 N–H and O–H groups in total. The molecule has 0 aliphatic carbocycles. The number of halogens is 1. The number of hydrogen-bond donors (Lipinski definition) is 1. The second kappa shape index (κ2) is 7.43. The van der Waals surface area contributed by atoms with Gasteiger partial charge in [-0.05, 0) is 18.1 Å². The van der Waals surface area contributed by atoms with E-state index >= 15 is 0 Å². The van der Waals surface area contributed by atoms with E-state index in [0.717, 1.165) is 25.2 Å². The number of nitrogens with zero attached hydrogens (tertiary/aromatic N) is 1. The van der Waals surface area contributed by atoms with Crippen LogP contribution in [0, 0.1) is 0 Å². The summed E-state index contributed by atoms with van der Waals surface area (Å²) in [5.41, 5.74) is 2.45. The van der Waals surface area contributed by atoms with Gasteiger partial charge >= 0.3 is 0 Å². The Morgan fingerprint density at radius 1 is 1.47 bits per heavy atom. The lowest BCUT2D eigenvalue weighted by Gasteiger charge is -2.06. The van der Waals surface area contributed by atoms with Crippen molar-refractivity contribution >= 4 is 11.6 Å². The first kappa shape index (κ1) is 12.2. The van der Waals surface area contributed by atoms with Crippen LogP contribution in [-0.4, -0.2) is 17.4 Å². The molecule has 1 heterocycles. The molecule has 0 aliphatic rings. The molecule has 0 saturated carbocycles. The molecule has 0 radical (unpaired) electrons. The van der Waals surface area contributed by atoms with Gasteiger partial charge in [0, 0.05) is 25.2 Å². The van der Waals surface area contributed by atoms with Gasteiger partial charge in [-0.3, -0.25) is 4.98 Å². The number of nitrogens with one attached hydrogen (secondary N) is 1. The Bertz CT molecular complexity index is 310. The molecular weight excluding hydrogens is 208 g/mol. The second-order valence-electron chi connectivity index (χ2n) is 3.22. The molecule has 0 atom stereocenters. The average molecular weight is 225 g/mol. The van der Waals surface area contributed by atoms with Crippen molar-refractivity contribution in [3.8, 4) is 0 Å². The fourth-order valence-corrected chi connectivity index (χ4v) is 1.50. The summed E-state index contributed by atoms with van der Waals surface area (Å²) in [6, 6.07) is 4.11. The van der Waals surface area contributed by atoms with Crippen LogP contribution in [0.3, 0.4) is 0 Å². The highest BCUT2D eigenvalue weighted by molar-refractivity contribution is 6.18. The number of aromatic nitrogens is 1. The summed E-state index contributed by atoms with van der Waals surface area (Å²) in [6.45, 7) is 3.80. The second-order valence-corrected chi connectivity index (χ2v) is 3.53. The van der Waals surface area contributed by atoms with Crippen LogP contribution in [0.1, 0.15) is 18.2 Å². The van der Waals surface area contributed by atoms with Gasteiger partial charge in [-0.15, -0.1) is 11.6 Å². The highest BCUT2D eigenvalue weighted by Crippen LogP contribution is 2.05. The number of aryl methyl sites for hydroxylation is 1. The van der Waals surface area contributed by atoms with Gasteiger partial charge < -0.3 is 5.32 Å². The predicted octanol–water partition coefficient (Wildman–Crippen LogP) is 2.53. The van der Waals surface area contributed by atoms with E-state index in [1.54, 1.807) is 0 Å². The van der Waals surface area contributed by atoms with Crippen LogP contribution in [-0.2, 0) is 13.0 Å². The normalized spacial score (nSPS) is 11.1. The van der Waals surface area contributed by atoms with Gasteiger partial charge in [-0.2, -0.15) is 0 Å². The topological polar surface area (TPSA) is 24.9 Å². The van der Waals surface area contributed by atoms with Crippen molar-refractivity contribution in [2.24, 2.45) is 0 Å². The predicted molar refractivity (Wildman–Crippen MR) is 65.2 cm³/mol. The van der Waals surface area contributed by atoms with Gasteiger partial charge in [0.1, 0.15) is 0 Å². The van der Waals surface area contributed by atoms with E-state index in [-0.39, 0.29) is 0 Å². The summed E-state index contributed by atoms with van der Waals surface area (Å²) < 4.78 is 0. The highest BCUT2D eigenvalue weighted by atomic mass is 35.5. The minimum absolute atomic E-state index is 0.575. The van der Waals surface area contributed by atoms with Gasteiger partial charge in [-0.1, -0.05) is 25.1 Å². The number of pyridine rings is 1. The molecule has 0 spiro atoms. The zero-order valence-corrected chi connectivity index (χ0v) is 9.80. The summed E-state index contributed by atoms with van der Waals surface area (Å²) in [7, 11) is 0. The molecule has 1 aromatic heterocycles. The van der Waals surface area contributed by atoms with E-state index in [1.165, 1.54) is 5.56 Å². The van der Waals surface area contributed by atoms with Gasteiger partial charge in [0.2, 0.25) is 0 Å². The Labute approximate surface area is 96.4 Å². The lowest BCUT2D eigenvalue weighted by molar-refractivity contribution is 0.730. The molecule has 82 valence electrons. The van der Waals surface area contributed by atoms with E-state index in [1.807, 2.05) is 24.4 Å². The molecule has 0 bridgehead atoms. The Morgan fingerprint density at radius 2 is 2.33 bits per heavy atom. The summed E-state index contributed by atoms with van der Waals surface area (Å²) in [5.74, 6) is 0.575.